The molecule has 0 aliphatic heterocycles. The highest BCUT2D eigenvalue weighted by Crippen LogP contribution is 2.09. The van der Waals surface area contributed by atoms with Crippen LogP contribution < -0.4 is 5.32 Å². The number of carbonyl (C=O) groups is 1. The van der Waals surface area contributed by atoms with E-state index in [0.29, 0.717) is 12.2 Å². The summed E-state index contributed by atoms with van der Waals surface area (Å²) in [7, 11) is 1.83. The molecule has 2 rings (SSSR count). The van der Waals surface area contributed by atoms with E-state index < -0.39 is 0 Å². The van der Waals surface area contributed by atoms with Crippen molar-refractivity contribution in [1.29, 1.82) is 0 Å². The predicted molar refractivity (Wildman–Crippen MR) is 75.6 cm³/mol. The lowest BCUT2D eigenvalue weighted by molar-refractivity contribution is -0.117. The van der Waals surface area contributed by atoms with Crippen molar-refractivity contribution in [1.82, 2.24) is 9.88 Å². The summed E-state index contributed by atoms with van der Waals surface area (Å²) in [6, 6.07) is 11.5. The van der Waals surface area contributed by atoms with Gasteiger partial charge in [0.25, 0.3) is 0 Å². The Morgan fingerprint density at radius 2 is 2.15 bits per heavy atom. The summed E-state index contributed by atoms with van der Waals surface area (Å²) in [6.45, 7) is 0.796. The van der Waals surface area contributed by atoms with Crippen molar-refractivity contribution in [2.24, 2.45) is 0 Å². The Hall–Kier alpha value is -2.27. The van der Waals surface area contributed by atoms with E-state index in [-0.39, 0.29) is 18.3 Å². The summed E-state index contributed by atoms with van der Waals surface area (Å²) >= 11 is 0. The lowest BCUT2D eigenvalue weighted by Gasteiger charge is -2.15. The average Bonchev–Trinajstić information content (AvgIpc) is 2.39. The normalized spacial score (nSPS) is 10.6. The van der Waals surface area contributed by atoms with E-state index in [1.54, 1.807) is 18.3 Å². The summed E-state index contributed by atoms with van der Waals surface area (Å²) in [5, 5.41) is 2.66. The van der Waals surface area contributed by atoms with E-state index in [2.05, 4.69) is 10.3 Å². The van der Waals surface area contributed by atoms with Gasteiger partial charge in [-0.1, -0.05) is 12.1 Å². The lowest BCUT2D eigenvalue weighted by atomic mass is 10.3. The highest BCUT2D eigenvalue weighted by Gasteiger charge is 2.08. The highest BCUT2D eigenvalue weighted by atomic mass is 19.1. The molecule has 0 spiro atoms. The molecule has 104 valence electrons. The van der Waals surface area contributed by atoms with Gasteiger partial charge in [0, 0.05) is 18.4 Å². The molecule has 0 saturated heterocycles. The number of hydrogen-bond donors (Lipinski definition) is 1. The number of nitrogens with zero attached hydrogens (tertiary/aromatic N) is 2. The zero-order chi connectivity index (χ0) is 14.4. The first-order valence-corrected chi connectivity index (χ1v) is 6.27. The van der Waals surface area contributed by atoms with Gasteiger partial charge in [-0.05, 0) is 37.4 Å². The standard InChI is InChI=1S/C15H16FN3O/c1-19(10-14-6-2-3-8-17-14)11-15(20)18-13-7-4-5-12(16)9-13/h2-9H,10-11H2,1H3,(H,18,20). The molecule has 4 nitrogen and oxygen atoms in total. The van der Waals surface area contributed by atoms with Crippen molar-refractivity contribution in [3.8, 4) is 0 Å². The number of pyridine rings is 1. The van der Waals surface area contributed by atoms with Gasteiger partial charge in [-0.3, -0.25) is 14.7 Å². The van der Waals surface area contributed by atoms with Gasteiger partial charge in [0.15, 0.2) is 0 Å². The highest BCUT2D eigenvalue weighted by molar-refractivity contribution is 5.92. The van der Waals surface area contributed by atoms with Crippen molar-refractivity contribution in [3.63, 3.8) is 0 Å². The molecule has 0 aliphatic carbocycles. The molecule has 0 saturated carbocycles. The first-order valence-electron chi connectivity index (χ1n) is 6.27. The van der Waals surface area contributed by atoms with Crippen LogP contribution in [-0.4, -0.2) is 29.4 Å². The van der Waals surface area contributed by atoms with Crippen molar-refractivity contribution < 1.29 is 9.18 Å². The minimum absolute atomic E-state index is 0.186. The Labute approximate surface area is 117 Å². The summed E-state index contributed by atoms with van der Waals surface area (Å²) in [5.74, 6) is -0.557. The zero-order valence-corrected chi connectivity index (χ0v) is 11.2. The molecule has 1 amide bonds. The topological polar surface area (TPSA) is 45.2 Å². The molecule has 0 fully saturated rings. The van der Waals surface area contributed by atoms with E-state index in [4.69, 9.17) is 0 Å². The Bertz CT molecular complexity index is 574. The number of rotatable bonds is 5. The zero-order valence-electron chi connectivity index (χ0n) is 11.2. The molecule has 0 bridgehead atoms. The third-order valence-electron chi connectivity index (χ3n) is 2.68. The quantitative estimate of drug-likeness (QED) is 0.909. The summed E-state index contributed by atoms with van der Waals surface area (Å²) in [6.07, 6.45) is 1.72. The molecule has 1 aromatic heterocycles. The van der Waals surface area contributed by atoms with Crippen LogP contribution in [0, 0.1) is 5.82 Å². The largest absolute Gasteiger partial charge is 0.325 e. The molecule has 5 heteroatoms. The monoisotopic (exact) mass is 273 g/mol. The second kappa shape index (κ2) is 6.77. The summed E-state index contributed by atoms with van der Waals surface area (Å²) < 4.78 is 13.0. The van der Waals surface area contributed by atoms with E-state index in [9.17, 15) is 9.18 Å². The molecule has 2 aromatic rings. The van der Waals surface area contributed by atoms with Crippen molar-refractivity contribution in [2.45, 2.75) is 6.54 Å². The van der Waals surface area contributed by atoms with Gasteiger partial charge in [-0.2, -0.15) is 0 Å². The molecule has 0 atom stereocenters. The lowest BCUT2D eigenvalue weighted by Crippen LogP contribution is -2.30. The Morgan fingerprint density at radius 3 is 2.85 bits per heavy atom. The second-order valence-electron chi connectivity index (χ2n) is 4.55. The van der Waals surface area contributed by atoms with Crippen LogP contribution in [-0.2, 0) is 11.3 Å². The fraction of sp³-hybridized carbons (Fsp3) is 0.200. The van der Waals surface area contributed by atoms with Crippen molar-refractivity contribution >= 4 is 11.6 Å². The van der Waals surface area contributed by atoms with Gasteiger partial charge >= 0.3 is 0 Å². The van der Waals surface area contributed by atoms with Gasteiger partial charge in [0.05, 0.1) is 12.2 Å². The van der Waals surface area contributed by atoms with Gasteiger partial charge in [-0.15, -0.1) is 0 Å². The molecule has 0 aliphatic rings. The molecule has 0 unspecified atom stereocenters. The number of amides is 1. The summed E-state index contributed by atoms with van der Waals surface area (Å²) in [4.78, 5) is 17.9. The van der Waals surface area contributed by atoms with Crippen molar-refractivity contribution in [2.75, 3.05) is 18.9 Å². The maximum atomic E-state index is 13.0. The van der Waals surface area contributed by atoms with E-state index >= 15 is 0 Å². The predicted octanol–water partition coefficient (Wildman–Crippen LogP) is 2.29. The van der Waals surface area contributed by atoms with Crippen LogP contribution in [0.5, 0.6) is 0 Å². The minimum atomic E-state index is -0.371. The number of aromatic nitrogens is 1. The summed E-state index contributed by atoms with van der Waals surface area (Å²) in [5.41, 5.74) is 1.36. The average molecular weight is 273 g/mol. The van der Waals surface area contributed by atoms with Crippen LogP contribution in [0.2, 0.25) is 0 Å². The number of hydrogen-bond acceptors (Lipinski definition) is 3. The number of halogens is 1. The number of likely N-dealkylation sites (N-methyl/N-ethyl adjacent to an activating group) is 1. The molecule has 1 aromatic carbocycles. The Morgan fingerprint density at radius 1 is 1.30 bits per heavy atom. The smallest absolute Gasteiger partial charge is 0.238 e. The second-order valence-corrected chi connectivity index (χ2v) is 4.55. The Balaban J connectivity index is 1.85. The van der Waals surface area contributed by atoms with E-state index in [1.165, 1.54) is 12.1 Å². The van der Waals surface area contributed by atoms with Gasteiger partial charge in [-0.25, -0.2) is 4.39 Å². The third kappa shape index (κ3) is 4.44. The number of carbonyl (C=O) groups excluding carboxylic acids is 1. The maximum Gasteiger partial charge on any atom is 0.238 e. The Kier molecular flexibility index (Phi) is 4.79. The maximum absolute atomic E-state index is 13.0. The molecule has 1 heterocycles. The molecule has 20 heavy (non-hydrogen) atoms. The van der Waals surface area contributed by atoms with Crippen LogP contribution in [0.15, 0.2) is 48.7 Å². The van der Waals surface area contributed by atoms with Crippen LogP contribution in [0.1, 0.15) is 5.69 Å². The van der Waals surface area contributed by atoms with Gasteiger partial charge in [0.2, 0.25) is 5.91 Å². The van der Waals surface area contributed by atoms with Crippen LogP contribution in [0.4, 0.5) is 10.1 Å². The molecule has 1 N–H and O–H groups in total. The fourth-order valence-corrected chi connectivity index (χ4v) is 1.84. The number of nitrogens with one attached hydrogen (secondary N) is 1. The first kappa shape index (κ1) is 14.1. The SMILES string of the molecule is CN(CC(=O)Nc1cccc(F)c1)Cc1ccccn1. The number of anilines is 1. The van der Waals surface area contributed by atoms with Gasteiger partial charge < -0.3 is 5.32 Å². The third-order valence-corrected chi connectivity index (χ3v) is 2.68. The number of benzene rings is 1. The minimum Gasteiger partial charge on any atom is -0.325 e. The van der Waals surface area contributed by atoms with E-state index in [1.807, 2.05) is 30.1 Å². The van der Waals surface area contributed by atoms with E-state index in [0.717, 1.165) is 5.69 Å². The molecule has 0 radical (unpaired) electrons. The van der Waals surface area contributed by atoms with Crippen molar-refractivity contribution in [3.05, 3.63) is 60.2 Å². The van der Waals surface area contributed by atoms with Crippen LogP contribution >= 0.6 is 0 Å². The first-order chi connectivity index (χ1) is 9.63. The molecular weight excluding hydrogens is 257 g/mol. The fourth-order valence-electron chi connectivity index (χ4n) is 1.84. The van der Waals surface area contributed by atoms with Gasteiger partial charge in [0.1, 0.15) is 5.82 Å². The molecular formula is C15H16FN3O. The van der Waals surface area contributed by atoms with Crippen LogP contribution in [0.3, 0.4) is 0 Å². The van der Waals surface area contributed by atoms with Crippen LogP contribution in [0.25, 0.3) is 0 Å².